The van der Waals surface area contributed by atoms with E-state index in [9.17, 15) is 9.59 Å². The average Bonchev–Trinajstić information content (AvgIpc) is 2.67. The highest BCUT2D eigenvalue weighted by molar-refractivity contribution is 5.96. The summed E-state index contributed by atoms with van der Waals surface area (Å²) < 4.78 is 11.1. The molecule has 146 valence electrons. The van der Waals surface area contributed by atoms with Crippen LogP contribution >= 0.6 is 0 Å². The zero-order valence-electron chi connectivity index (χ0n) is 16.2. The molecule has 0 atom stereocenters. The molecule has 0 spiro atoms. The first-order valence-corrected chi connectivity index (χ1v) is 9.73. The maximum Gasteiger partial charge on any atom is 0.347 e. The van der Waals surface area contributed by atoms with Gasteiger partial charge in [-0.05, 0) is 51.1 Å². The first-order valence-electron chi connectivity index (χ1n) is 9.73. The number of carbonyl (C=O) groups excluding carboxylic acids is 1. The molecule has 1 fully saturated rings. The van der Waals surface area contributed by atoms with Crippen LogP contribution in [0.4, 0.5) is 0 Å². The highest BCUT2D eigenvalue weighted by Crippen LogP contribution is 2.21. The van der Waals surface area contributed by atoms with Gasteiger partial charge in [0.15, 0.2) is 5.78 Å². The number of hydrogen-bond acceptors (Lipinski definition) is 6. The maximum atomic E-state index is 11.8. The Kier molecular flexibility index (Phi) is 6.63. The quantitative estimate of drug-likeness (QED) is 0.403. The average molecular weight is 372 g/mol. The summed E-state index contributed by atoms with van der Waals surface area (Å²) in [6.45, 7) is 11.1. The molecule has 0 aliphatic carbocycles. The molecule has 27 heavy (non-hydrogen) atoms. The summed E-state index contributed by atoms with van der Waals surface area (Å²) in [5.41, 5.74) is -0.0810. The topological polar surface area (TPSA) is 63.0 Å². The van der Waals surface area contributed by atoms with Crippen LogP contribution in [0.25, 0.3) is 11.0 Å². The number of hydrogen-bond donors (Lipinski definition) is 0. The molecule has 0 bridgehead atoms. The summed E-state index contributed by atoms with van der Waals surface area (Å²) in [5, 5.41) is 0.721. The Balaban J connectivity index is 1.46. The van der Waals surface area contributed by atoms with E-state index in [2.05, 4.69) is 16.7 Å². The molecule has 2 heterocycles. The van der Waals surface area contributed by atoms with Crippen molar-refractivity contribution >= 4 is 16.8 Å². The normalized spacial score (nSPS) is 15.9. The van der Waals surface area contributed by atoms with Crippen molar-refractivity contribution in [2.45, 2.75) is 26.7 Å². The summed E-state index contributed by atoms with van der Waals surface area (Å²) in [6, 6.07) is 6.94. The fourth-order valence-corrected chi connectivity index (χ4v) is 3.38. The molecule has 2 aromatic rings. The van der Waals surface area contributed by atoms with Crippen LogP contribution in [0.15, 0.2) is 33.5 Å². The standard InChI is InChI=1S/C21H28N2O4/c1-3-22-9-11-23(12-10-22)8-4-5-13-26-18-7-6-17-14-19(16(2)24)21(25)27-20(17)15-18/h6-7,14-15H,3-5,8-13H2,1-2H3. The molecular formula is C21H28N2O4. The Morgan fingerprint density at radius 1 is 1.11 bits per heavy atom. The zero-order valence-corrected chi connectivity index (χ0v) is 16.2. The van der Waals surface area contributed by atoms with Gasteiger partial charge in [-0.3, -0.25) is 4.79 Å². The van der Waals surface area contributed by atoms with Gasteiger partial charge in [0.05, 0.1) is 6.61 Å². The molecule has 1 aromatic carbocycles. The molecule has 0 radical (unpaired) electrons. The molecular weight excluding hydrogens is 344 g/mol. The van der Waals surface area contributed by atoms with Crippen LogP contribution in [-0.2, 0) is 0 Å². The first-order chi connectivity index (χ1) is 13.1. The third-order valence-corrected chi connectivity index (χ3v) is 5.14. The number of fused-ring (bicyclic) bond motifs is 1. The minimum atomic E-state index is -0.602. The van der Waals surface area contributed by atoms with Gasteiger partial charge in [0.1, 0.15) is 16.9 Å². The number of Topliss-reactive ketones (excluding diaryl/α,β-unsaturated/α-hetero) is 1. The van der Waals surface area contributed by atoms with E-state index in [1.54, 1.807) is 12.1 Å². The van der Waals surface area contributed by atoms with Crippen LogP contribution in [0, 0.1) is 0 Å². The molecule has 1 aliphatic rings. The number of unbranched alkanes of at least 4 members (excludes halogenated alkanes) is 1. The Morgan fingerprint density at radius 3 is 2.56 bits per heavy atom. The van der Waals surface area contributed by atoms with Crippen LogP contribution < -0.4 is 10.4 Å². The number of nitrogens with zero attached hydrogens (tertiary/aromatic N) is 2. The Labute approximate surface area is 159 Å². The third-order valence-electron chi connectivity index (χ3n) is 5.14. The van der Waals surface area contributed by atoms with Gasteiger partial charge in [-0.1, -0.05) is 6.92 Å². The van der Waals surface area contributed by atoms with Gasteiger partial charge in [0.25, 0.3) is 0 Å². The summed E-state index contributed by atoms with van der Waals surface area (Å²) in [5.74, 6) is 0.389. The number of ether oxygens (including phenoxy) is 1. The smallest absolute Gasteiger partial charge is 0.347 e. The number of rotatable bonds is 8. The van der Waals surface area contributed by atoms with Gasteiger partial charge in [-0.25, -0.2) is 4.79 Å². The van der Waals surface area contributed by atoms with Gasteiger partial charge in [0, 0.05) is 37.6 Å². The fraction of sp³-hybridized carbons (Fsp3) is 0.524. The van der Waals surface area contributed by atoms with Crippen LogP contribution in [0.2, 0.25) is 0 Å². The van der Waals surface area contributed by atoms with E-state index in [0.717, 1.165) is 44.4 Å². The minimum absolute atomic E-state index is 0.0796. The molecule has 0 unspecified atom stereocenters. The monoisotopic (exact) mass is 372 g/mol. The Morgan fingerprint density at radius 2 is 1.85 bits per heavy atom. The van der Waals surface area contributed by atoms with E-state index in [0.29, 0.717) is 17.9 Å². The summed E-state index contributed by atoms with van der Waals surface area (Å²) in [7, 11) is 0. The largest absolute Gasteiger partial charge is 0.493 e. The van der Waals surface area contributed by atoms with Gasteiger partial charge in [-0.15, -0.1) is 0 Å². The van der Waals surface area contributed by atoms with Gasteiger partial charge >= 0.3 is 5.63 Å². The second-order valence-corrected chi connectivity index (χ2v) is 7.03. The number of ketones is 1. The minimum Gasteiger partial charge on any atom is -0.493 e. The highest BCUT2D eigenvalue weighted by Gasteiger charge is 2.14. The SMILES string of the molecule is CCN1CCN(CCCCOc2ccc3cc(C(C)=O)c(=O)oc3c2)CC1. The van der Waals surface area contributed by atoms with Crippen molar-refractivity contribution in [1.29, 1.82) is 0 Å². The molecule has 0 saturated carbocycles. The van der Waals surface area contributed by atoms with Gasteiger partial charge in [0.2, 0.25) is 0 Å². The third kappa shape index (κ3) is 5.17. The lowest BCUT2D eigenvalue weighted by Crippen LogP contribution is -2.46. The van der Waals surface area contributed by atoms with Crippen LogP contribution in [0.3, 0.4) is 0 Å². The van der Waals surface area contributed by atoms with Crippen molar-refractivity contribution in [3.63, 3.8) is 0 Å². The van der Waals surface area contributed by atoms with E-state index in [1.165, 1.54) is 20.0 Å². The Bertz CT molecular complexity index is 838. The summed E-state index contributed by atoms with van der Waals surface area (Å²) >= 11 is 0. The lowest BCUT2D eigenvalue weighted by Gasteiger charge is -2.33. The van der Waals surface area contributed by atoms with Crippen LogP contribution in [0.5, 0.6) is 5.75 Å². The highest BCUT2D eigenvalue weighted by atomic mass is 16.5. The molecule has 3 rings (SSSR count). The van der Waals surface area contributed by atoms with Crippen molar-refractivity contribution in [3.05, 3.63) is 40.2 Å². The van der Waals surface area contributed by atoms with Crippen molar-refractivity contribution in [1.82, 2.24) is 9.80 Å². The van der Waals surface area contributed by atoms with Crippen molar-refractivity contribution < 1.29 is 13.9 Å². The molecule has 6 heteroatoms. The predicted octanol–water partition coefficient (Wildman–Crippen LogP) is 2.79. The first kappa shape index (κ1) is 19.6. The lowest BCUT2D eigenvalue weighted by molar-refractivity contribution is 0.101. The number of likely N-dealkylation sites (N-methyl/N-ethyl adjacent to an activating group) is 1. The molecule has 1 aromatic heterocycles. The van der Waals surface area contributed by atoms with Gasteiger partial charge in [-0.2, -0.15) is 0 Å². The second kappa shape index (κ2) is 9.15. The molecule has 0 amide bonds. The van der Waals surface area contributed by atoms with E-state index >= 15 is 0 Å². The van der Waals surface area contributed by atoms with E-state index in [-0.39, 0.29) is 11.3 Å². The molecule has 6 nitrogen and oxygen atoms in total. The van der Waals surface area contributed by atoms with E-state index in [1.807, 2.05) is 12.1 Å². The van der Waals surface area contributed by atoms with Crippen LogP contribution in [-0.4, -0.2) is 61.5 Å². The predicted molar refractivity (Wildman–Crippen MR) is 106 cm³/mol. The summed E-state index contributed by atoms with van der Waals surface area (Å²) in [4.78, 5) is 28.3. The lowest BCUT2D eigenvalue weighted by atomic mass is 10.1. The van der Waals surface area contributed by atoms with E-state index < -0.39 is 5.63 Å². The summed E-state index contributed by atoms with van der Waals surface area (Å²) in [6.07, 6.45) is 2.09. The van der Waals surface area contributed by atoms with Crippen molar-refractivity contribution in [3.8, 4) is 5.75 Å². The fourth-order valence-electron chi connectivity index (χ4n) is 3.38. The second-order valence-electron chi connectivity index (χ2n) is 7.03. The molecule has 1 aliphatic heterocycles. The number of carbonyl (C=O) groups is 1. The molecule has 0 N–H and O–H groups in total. The Hall–Kier alpha value is -2.18. The molecule has 1 saturated heterocycles. The number of benzene rings is 1. The maximum absolute atomic E-state index is 11.8. The van der Waals surface area contributed by atoms with E-state index in [4.69, 9.17) is 9.15 Å². The van der Waals surface area contributed by atoms with Crippen molar-refractivity contribution in [2.75, 3.05) is 45.9 Å². The van der Waals surface area contributed by atoms with Crippen LogP contribution in [0.1, 0.15) is 37.0 Å². The number of piperazine rings is 1. The zero-order chi connectivity index (χ0) is 19.2. The van der Waals surface area contributed by atoms with Crippen molar-refractivity contribution in [2.24, 2.45) is 0 Å². The van der Waals surface area contributed by atoms with Gasteiger partial charge < -0.3 is 19.0 Å².